The number of hydrogen-bond donors (Lipinski definition) is 1. The van der Waals surface area contributed by atoms with E-state index in [1.165, 1.54) is 7.11 Å². The van der Waals surface area contributed by atoms with Crippen molar-refractivity contribution in [1.29, 1.82) is 0 Å². The quantitative estimate of drug-likeness (QED) is 0.546. The Morgan fingerprint density at radius 2 is 1.97 bits per heavy atom. The molecule has 6 nitrogen and oxygen atoms in total. The maximum Gasteiger partial charge on any atom is 0.336 e. The van der Waals surface area contributed by atoms with E-state index in [0.29, 0.717) is 34.0 Å². The molecule has 1 aliphatic heterocycles. The molecule has 1 N–H and O–H groups in total. The van der Waals surface area contributed by atoms with Crippen molar-refractivity contribution in [2.24, 2.45) is 11.8 Å². The Labute approximate surface area is 185 Å². The summed E-state index contributed by atoms with van der Waals surface area (Å²) in [4.78, 5) is 38.8. The summed E-state index contributed by atoms with van der Waals surface area (Å²) in [6.45, 7) is 5.46. The van der Waals surface area contributed by atoms with E-state index in [1.54, 1.807) is 32.0 Å². The monoisotopic (exact) mass is 451 g/mol. The van der Waals surface area contributed by atoms with Gasteiger partial charge in [-0.25, -0.2) is 4.79 Å². The number of nitrogens with one attached hydrogen (secondary N) is 1. The highest BCUT2D eigenvalue weighted by molar-refractivity contribution is 6.42. The fourth-order valence-corrected chi connectivity index (χ4v) is 4.63. The zero-order valence-corrected chi connectivity index (χ0v) is 18.7. The van der Waals surface area contributed by atoms with Crippen LogP contribution in [0, 0.1) is 11.8 Å². The fraction of sp³-hybridized carbons (Fsp3) is 0.409. The smallest absolute Gasteiger partial charge is 0.336 e. The van der Waals surface area contributed by atoms with E-state index < -0.39 is 29.6 Å². The van der Waals surface area contributed by atoms with Crippen LogP contribution in [0.25, 0.3) is 0 Å². The van der Waals surface area contributed by atoms with E-state index in [9.17, 15) is 14.4 Å². The zero-order chi connectivity index (χ0) is 22.2. The van der Waals surface area contributed by atoms with Crippen molar-refractivity contribution in [3.8, 4) is 0 Å². The molecule has 0 bridgehead atoms. The number of methoxy groups -OCH3 is 1. The zero-order valence-electron chi connectivity index (χ0n) is 17.2. The summed E-state index contributed by atoms with van der Waals surface area (Å²) in [5.41, 5.74) is 2.34. The van der Waals surface area contributed by atoms with Gasteiger partial charge in [0.1, 0.15) is 5.92 Å². The van der Waals surface area contributed by atoms with E-state index >= 15 is 0 Å². The van der Waals surface area contributed by atoms with Crippen LogP contribution in [0.4, 0.5) is 0 Å². The Bertz CT molecular complexity index is 982. The van der Waals surface area contributed by atoms with Crippen LogP contribution in [0.15, 0.2) is 40.7 Å². The molecule has 0 amide bonds. The molecule has 1 aromatic carbocycles. The summed E-state index contributed by atoms with van der Waals surface area (Å²) < 4.78 is 10.1. The van der Waals surface area contributed by atoms with Crippen molar-refractivity contribution < 1.29 is 23.9 Å². The normalized spacial score (nSPS) is 23.7. The van der Waals surface area contributed by atoms with Gasteiger partial charge < -0.3 is 14.8 Å². The first-order chi connectivity index (χ1) is 14.2. The molecule has 2 aliphatic rings. The second kappa shape index (κ2) is 8.82. The minimum atomic E-state index is -0.960. The van der Waals surface area contributed by atoms with E-state index in [2.05, 4.69) is 5.32 Å². The van der Waals surface area contributed by atoms with Gasteiger partial charge in [0.15, 0.2) is 5.78 Å². The summed E-state index contributed by atoms with van der Waals surface area (Å²) >= 11 is 12.7. The largest absolute Gasteiger partial charge is 0.468 e. The first-order valence-electron chi connectivity index (χ1n) is 9.66. The number of benzene rings is 1. The topological polar surface area (TPSA) is 81.7 Å². The molecule has 0 saturated heterocycles. The molecule has 3 rings (SSSR count). The molecule has 0 spiro atoms. The van der Waals surface area contributed by atoms with Crippen molar-refractivity contribution in [3.63, 3.8) is 0 Å². The summed E-state index contributed by atoms with van der Waals surface area (Å²) in [5, 5.41) is 3.74. The van der Waals surface area contributed by atoms with Gasteiger partial charge in [-0.1, -0.05) is 42.3 Å². The van der Waals surface area contributed by atoms with Crippen molar-refractivity contribution >= 4 is 40.9 Å². The Balaban J connectivity index is 2.25. The van der Waals surface area contributed by atoms with Crippen LogP contribution in [-0.4, -0.2) is 31.4 Å². The molecule has 0 saturated carbocycles. The van der Waals surface area contributed by atoms with Crippen LogP contribution in [-0.2, 0) is 23.9 Å². The van der Waals surface area contributed by atoms with Crippen molar-refractivity contribution in [2.75, 3.05) is 13.7 Å². The lowest BCUT2D eigenvalue weighted by atomic mass is 9.69. The molecular weight excluding hydrogens is 429 g/mol. The van der Waals surface area contributed by atoms with E-state index in [0.717, 1.165) is 0 Å². The van der Waals surface area contributed by atoms with Gasteiger partial charge >= 0.3 is 11.9 Å². The number of hydrogen-bond acceptors (Lipinski definition) is 6. The van der Waals surface area contributed by atoms with Crippen molar-refractivity contribution in [1.82, 2.24) is 5.32 Å². The number of carbonyl (C=O) groups is 3. The van der Waals surface area contributed by atoms with E-state index in [-0.39, 0.29) is 23.1 Å². The standard InChI is InChI=1S/C22H23Cl2NO5/c1-5-30-22(28)16-11(3)25-14-9-10(2)15(21(27)29-4)20(26)18(14)17(16)12-7-6-8-13(23)19(12)24/h6-8,10,15,17,25H,5,9H2,1-4H3/t10-,15-,17+/m1/s1. The van der Waals surface area contributed by atoms with Gasteiger partial charge in [-0.05, 0) is 37.8 Å². The SMILES string of the molecule is CCOC(=O)C1=C(C)NC2=C(C(=O)[C@H](C(=O)OC)[C@H](C)C2)[C@H]1c1cccc(Cl)c1Cl. The van der Waals surface area contributed by atoms with Crippen LogP contribution in [0.5, 0.6) is 0 Å². The lowest BCUT2D eigenvalue weighted by Gasteiger charge is -2.38. The van der Waals surface area contributed by atoms with Gasteiger partial charge in [0.05, 0.1) is 29.3 Å². The number of rotatable bonds is 4. The van der Waals surface area contributed by atoms with Gasteiger partial charge in [-0.2, -0.15) is 0 Å². The van der Waals surface area contributed by atoms with Crippen molar-refractivity contribution in [2.45, 2.75) is 33.1 Å². The van der Waals surface area contributed by atoms with Crippen LogP contribution in [0.3, 0.4) is 0 Å². The molecule has 30 heavy (non-hydrogen) atoms. The average molecular weight is 452 g/mol. The molecule has 1 aromatic rings. The molecule has 1 aliphatic carbocycles. The number of dihydropyridines is 1. The molecular formula is C22H23Cl2NO5. The first-order valence-corrected chi connectivity index (χ1v) is 10.4. The number of halogens is 2. The summed E-state index contributed by atoms with van der Waals surface area (Å²) in [7, 11) is 1.25. The lowest BCUT2D eigenvalue weighted by molar-refractivity contribution is -0.151. The van der Waals surface area contributed by atoms with Crippen LogP contribution < -0.4 is 5.32 Å². The predicted octanol–water partition coefficient (Wildman–Crippen LogP) is 4.17. The Hall–Kier alpha value is -2.31. The maximum absolute atomic E-state index is 13.5. The third-order valence-corrected chi connectivity index (χ3v) is 6.36. The van der Waals surface area contributed by atoms with Gasteiger partial charge in [0.25, 0.3) is 0 Å². The molecule has 3 atom stereocenters. The number of Topliss-reactive ketones (excluding diaryl/α,β-unsaturated/α-hetero) is 1. The highest BCUT2D eigenvalue weighted by atomic mass is 35.5. The van der Waals surface area contributed by atoms with Crippen LogP contribution >= 0.6 is 23.2 Å². The lowest BCUT2D eigenvalue weighted by Crippen LogP contribution is -2.43. The molecule has 0 fully saturated rings. The average Bonchev–Trinajstić information content (AvgIpc) is 2.69. The number of ether oxygens (including phenoxy) is 2. The highest BCUT2D eigenvalue weighted by Gasteiger charge is 2.47. The maximum atomic E-state index is 13.5. The Morgan fingerprint density at radius 1 is 1.27 bits per heavy atom. The molecule has 0 unspecified atom stereocenters. The Morgan fingerprint density at radius 3 is 2.60 bits per heavy atom. The molecule has 160 valence electrons. The first kappa shape index (κ1) is 22.4. The second-order valence-electron chi connectivity index (χ2n) is 7.40. The minimum Gasteiger partial charge on any atom is -0.468 e. The van der Waals surface area contributed by atoms with Gasteiger partial charge in [-0.15, -0.1) is 0 Å². The molecule has 0 aromatic heterocycles. The van der Waals surface area contributed by atoms with Gasteiger partial charge in [-0.3, -0.25) is 9.59 Å². The second-order valence-corrected chi connectivity index (χ2v) is 8.18. The molecule has 1 heterocycles. The third-order valence-electron chi connectivity index (χ3n) is 5.53. The van der Waals surface area contributed by atoms with Gasteiger partial charge in [0.2, 0.25) is 0 Å². The number of ketones is 1. The number of esters is 2. The van der Waals surface area contributed by atoms with Gasteiger partial charge in [0, 0.05) is 22.9 Å². The number of carbonyl (C=O) groups excluding carboxylic acids is 3. The summed E-state index contributed by atoms with van der Waals surface area (Å²) in [5.74, 6) is -3.58. The predicted molar refractivity (Wildman–Crippen MR) is 113 cm³/mol. The van der Waals surface area contributed by atoms with Crippen molar-refractivity contribution in [3.05, 3.63) is 56.3 Å². The minimum absolute atomic E-state index is 0.174. The fourth-order valence-electron chi connectivity index (χ4n) is 4.21. The third kappa shape index (κ3) is 3.74. The highest BCUT2D eigenvalue weighted by Crippen LogP contribution is 2.47. The van der Waals surface area contributed by atoms with E-state index in [1.807, 2.05) is 6.92 Å². The molecule has 0 radical (unpaired) electrons. The molecule has 8 heteroatoms. The van der Waals surface area contributed by atoms with Crippen LogP contribution in [0.2, 0.25) is 10.0 Å². The van der Waals surface area contributed by atoms with Crippen LogP contribution in [0.1, 0.15) is 38.7 Å². The number of allylic oxidation sites excluding steroid dienone is 3. The summed E-state index contributed by atoms with van der Waals surface area (Å²) in [6, 6.07) is 5.06. The van der Waals surface area contributed by atoms with E-state index in [4.69, 9.17) is 32.7 Å². The Kier molecular flexibility index (Phi) is 6.58. The summed E-state index contributed by atoms with van der Waals surface area (Å²) in [6.07, 6.45) is 0.447.